The zero-order chi connectivity index (χ0) is 14.0. The van der Waals surface area contributed by atoms with Crippen LogP contribution in [0.5, 0.6) is 0 Å². The summed E-state index contributed by atoms with van der Waals surface area (Å²) >= 11 is 5.69. The van der Waals surface area contributed by atoms with Crippen molar-refractivity contribution in [2.75, 3.05) is 13.1 Å². The number of halogens is 1. The zero-order valence-electron chi connectivity index (χ0n) is 9.97. The predicted molar refractivity (Wildman–Crippen MR) is 68.3 cm³/mol. The van der Waals surface area contributed by atoms with Gasteiger partial charge in [-0.3, -0.25) is 19.7 Å². The van der Waals surface area contributed by atoms with E-state index in [1.165, 1.54) is 17.0 Å². The lowest BCUT2D eigenvalue weighted by Gasteiger charge is -2.25. The Labute approximate surface area is 114 Å². The summed E-state index contributed by atoms with van der Waals surface area (Å²) in [5.41, 5.74) is -0.375. The Morgan fingerprint density at radius 3 is 2.79 bits per heavy atom. The van der Waals surface area contributed by atoms with Crippen molar-refractivity contribution in [1.82, 2.24) is 4.90 Å². The Kier molecular flexibility index (Phi) is 3.80. The number of hydrogen-bond donors (Lipinski definition) is 0. The van der Waals surface area contributed by atoms with Gasteiger partial charge in [-0.25, -0.2) is 0 Å². The maximum Gasteiger partial charge on any atom is 0.283 e. The van der Waals surface area contributed by atoms with Crippen molar-refractivity contribution >= 4 is 29.0 Å². The van der Waals surface area contributed by atoms with Crippen molar-refractivity contribution in [3.8, 4) is 0 Å². The quantitative estimate of drug-likeness (QED) is 0.614. The molecule has 0 N–H and O–H groups in total. The molecular weight excluding hydrogens is 272 g/mol. The first kappa shape index (κ1) is 13.5. The summed E-state index contributed by atoms with van der Waals surface area (Å²) in [6.45, 7) is 0.447. The molecule has 1 heterocycles. The number of piperidine rings is 1. The number of hydrogen-bond acceptors (Lipinski definition) is 4. The van der Waals surface area contributed by atoms with Crippen LogP contribution in [0.4, 0.5) is 5.69 Å². The number of nitro benzene ring substituents is 1. The molecule has 19 heavy (non-hydrogen) atoms. The van der Waals surface area contributed by atoms with Gasteiger partial charge in [-0.05, 0) is 18.6 Å². The summed E-state index contributed by atoms with van der Waals surface area (Å²) in [4.78, 5) is 35.2. The molecule has 1 saturated heterocycles. The molecule has 1 aromatic carbocycles. The van der Waals surface area contributed by atoms with E-state index in [0.717, 1.165) is 6.07 Å². The minimum atomic E-state index is -0.648. The van der Waals surface area contributed by atoms with Gasteiger partial charge in [0.2, 0.25) is 0 Å². The van der Waals surface area contributed by atoms with Crippen LogP contribution in [0.15, 0.2) is 18.2 Å². The molecule has 0 radical (unpaired) electrons. The number of benzene rings is 1. The van der Waals surface area contributed by atoms with Crippen molar-refractivity contribution in [3.63, 3.8) is 0 Å². The summed E-state index contributed by atoms with van der Waals surface area (Å²) in [7, 11) is 0. The average molecular weight is 283 g/mol. The molecule has 0 unspecified atom stereocenters. The normalized spacial score (nSPS) is 15.4. The summed E-state index contributed by atoms with van der Waals surface area (Å²) in [6.07, 6.45) is 1.04. The van der Waals surface area contributed by atoms with Gasteiger partial charge in [0.05, 0.1) is 11.5 Å². The van der Waals surface area contributed by atoms with E-state index in [-0.39, 0.29) is 28.6 Å². The SMILES string of the molecule is O=C1CCCN(C(=O)c2ccc(Cl)cc2[N+](=O)[O-])C1. The number of nitro groups is 1. The second kappa shape index (κ2) is 5.36. The molecule has 0 atom stereocenters. The van der Waals surface area contributed by atoms with E-state index in [1.807, 2.05) is 0 Å². The highest BCUT2D eigenvalue weighted by Gasteiger charge is 2.28. The van der Waals surface area contributed by atoms with Crippen LogP contribution in [0, 0.1) is 10.1 Å². The molecule has 1 fully saturated rings. The van der Waals surface area contributed by atoms with E-state index in [1.54, 1.807) is 0 Å². The fourth-order valence-corrected chi connectivity index (χ4v) is 2.18. The van der Waals surface area contributed by atoms with Gasteiger partial charge in [-0.2, -0.15) is 0 Å². The van der Waals surface area contributed by atoms with E-state index in [4.69, 9.17) is 11.6 Å². The highest BCUT2D eigenvalue weighted by molar-refractivity contribution is 6.31. The Morgan fingerprint density at radius 2 is 2.16 bits per heavy atom. The first-order chi connectivity index (χ1) is 8.99. The maximum atomic E-state index is 12.2. The molecule has 1 aliphatic rings. The Bertz CT molecular complexity index is 559. The van der Waals surface area contributed by atoms with Gasteiger partial charge in [-0.15, -0.1) is 0 Å². The van der Waals surface area contributed by atoms with E-state index < -0.39 is 10.8 Å². The van der Waals surface area contributed by atoms with Crippen LogP contribution in [-0.4, -0.2) is 34.6 Å². The molecule has 1 aromatic rings. The number of rotatable bonds is 2. The van der Waals surface area contributed by atoms with Crippen LogP contribution in [0.2, 0.25) is 5.02 Å². The van der Waals surface area contributed by atoms with Crippen molar-refractivity contribution < 1.29 is 14.5 Å². The van der Waals surface area contributed by atoms with Crippen LogP contribution in [0.3, 0.4) is 0 Å². The number of nitrogens with zero attached hydrogens (tertiary/aromatic N) is 2. The second-order valence-electron chi connectivity index (χ2n) is 4.29. The van der Waals surface area contributed by atoms with Crippen molar-refractivity contribution in [2.24, 2.45) is 0 Å². The minimum Gasteiger partial charge on any atom is -0.331 e. The zero-order valence-corrected chi connectivity index (χ0v) is 10.7. The number of carbonyl (C=O) groups excluding carboxylic acids is 2. The number of ketones is 1. The van der Waals surface area contributed by atoms with Gasteiger partial charge < -0.3 is 4.90 Å². The van der Waals surface area contributed by atoms with E-state index in [9.17, 15) is 19.7 Å². The minimum absolute atomic E-state index is 0.0125. The molecule has 2 rings (SSSR count). The third kappa shape index (κ3) is 2.90. The molecule has 0 saturated carbocycles. The largest absolute Gasteiger partial charge is 0.331 e. The van der Waals surface area contributed by atoms with E-state index in [0.29, 0.717) is 19.4 Å². The van der Waals surface area contributed by atoms with Crippen LogP contribution < -0.4 is 0 Å². The standard InChI is InChI=1S/C12H11ClN2O4/c13-8-3-4-10(11(6-8)15(18)19)12(17)14-5-1-2-9(16)7-14/h3-4,6H,1-2,5,7H2. The van der Waals surface area contributed by atoms with Crippen molar-refractivity contribution in [1.29, 1.82) is 0 Å². The molecule has 100 valence electrons. The molecule has 0 bridgehead atoms. The lowest BCUT2D eigenvalue weighted by molar-refractivity contribution is -0.385. The lowest BCUT2D eigenvalue weighted by atomic mass is 10.1. The van der Waals surface area contributed by atoms with Gasteiger partial charge in [0, 0.05) is 24.1 Å². The van der Waals surface area contributed by atoms with Crippen LogP contribution in [0.1, 0.15) is 23.2 Å². The van der Waals surface area contributed by atoms with Gasteiger partial charge in [0.15, 0.2) is 5.78 Å². The molecular formula is C12H11ClN2O4. The Morgan fingerprint density at radius 1 is 1.42 bits per heavy atom. The molecule has 0 spiro atoms. The van der Waals surface area contributed by atoms with Gasteiger partial charge >= 0.3 is 0 Å². The summed E-state index contributed by atoms with van der Waals surface area (Å²) in [5, 5.41) is 11.1. The summed E-state index contributed by atoms with van der Waals surface area (Å²) < 4.78 is 0. The second-order valence-corrected chi connectivity index (χ2v) is 4.72. The molecule has 6 nitrogen and oxygen atoms in total. The molecule has 7 heteroatoms. The third-order valence-corrected chi connectivity index (χ3v) is 3.16. The van der Waals surface area contributed by atoms with Gasteiger partial charge in [0.1, 0.15) is 5.56 Å². The Hall–Kier alpha value is -1.95. The molecule has 0 aromatic heterocycles. The fourth-order valence-electron chi connectivity index (χ4n) is 2.02. The maximum absolute atomic E-state index is 12.2. The van der Waals surface area contributed by atoms with E-state index in [2.05, 4.69) is 0 Å². The van der Waals surface area contributed by atoms with Crippen LogP contribution in [-0.2, 0) is 4.79 Å². The summed E-state index contributed by atoms with van der Waals surface area (Å²) in [6, 6.07) is 3.88. The Balaban J connectivity index is 2.33. The smallest absolute Gasteiger partial charge is 0.283 e. The third-order valence-electron chi connectivity index (χ3n) is 2.92. The highest BCUT2D eigenvalue weighted by atomic mass is 35.5. The highest BCUT2D eigenvalue weighted by Crippen LogP contribution is 2.25. The first-order valence-electron chi connectivity index (χ1n) is 5.74. The topological polar surface area (TPSA) is 80.5 Å². The number of carbonyl (C=O) groups is 2. The van der Waals surface area contributed by atoms with E-state index >= 15 is 0 Å². The summed E-state index contributed by atoms with van der Waals surface area (Å²) in [5.74, 6) is -0.535. The van der Waals surface area contributed by atoms with Crippen molar-refractivity contribution in [3.05, 3.63) is 38.9 Å². The predicted octanol–water partition coefficient (Wildman–Crippen LogP) is 2.05. The monoisotopic (exact) mass is 282 g/mol. The molecule has 1 aliphatic heterocycles. The van der Waals surface area contributed by atoms with Gasteiger partial charge in [0.25, 0.3) is 11.6 Å². The number of likely N-dealkylation sites (tertiary alicyclic amines) is 1. The average Bonchev–Trinajstić information content (AvgIpc) is 2.37. The molecule has 1 amide bonds. The number of amides is 1. The first-order valence-corrected chi connectivity index (χ1v) is 6.12. The van der Waals surface area contributed by atoms with Crippen molar-refractivity contribution in [2.45, 2.75) is 12.8 Å². The van der Waals surface area contributed by atoms with Crippen LogP contribution in [0.25, 0.3) is 0 Å². The number of Topliss-reactive ketones (excluding diaryl/α,β-unsaturated/α-hetero) is 1. The van der Waals surface area contributed by atoms with Gasteiger partial charge in [-0.1, -0.05) is 11.6 Å². The molecule has 0 aliphatic carbocycles. The van der Waals surface area contributed by atoms with Crippen LogP contribution >= 0.6 is 11.6 Å². The fraction of sp³-hybridized carbons (Fsp3) is 0.333. The lowest BCUT2D eigenvalue weighted by Crippen LogP contribution is -2.40.